The van der Waals surface area contributed by atoms with Crippen LogP contribution in [-0.2, 0) is 4.57 Å². The van der Waals surface area contributed by atoms with Gasteiger partial charge in [0.25, 0.3) is 5.28 Å². The van der Waals surface area contributed by atoms with Gasteiger partial charge in [-0.2, -0.15) is 0 Å². The average Bonchev–Trinajstić information content (AvgIpc) is 2.73. The van der Waals surface area contributed by atoms with Gasteiger partial charge in [-0.15, -0.1) is 0 Å². The largest absolute Gasteiger partial charge is 0.590 e. The van der Waals surface area contributed by atoms with Gasteiger partial charge in [-0.3, -0.25) is 4.48 Å². The van der Waals surface area contributed by atoms with Crippen molar-refractivity contribution in [2.75, 3.05) is 21.1 Å². The van der Waals surface area contributed by atoms with E-state index in [1.54, 1.807) is 0 Å². The molecule has 0 aromatic carbocycles. The van der Waals surface area contributed by atoms with Crippen LogP contribution in [0.5, 0.6) is 0 Å². The van der Waals surface area contributed by atoms with Gasteiger partial charge in [-0.1, -0.05) is 108 Å². The molecule has 0 aliphatic rings. The highest BCUT2D eigenvalue weighted by molar-refractivity contribution is 7.38. The molecule has 0 aromatic heterocycles. The molecule has 2 unspecified atom stereocenters. The lowest BCUT2D eigenvalue weighted by molar-refractivity contribution is -0.910. The molecule has 0 aromatic rings. The number of allylic oxidation sites excluding steroid dienone is 2. The molecule has 0 aliphatic carbocycles. The second-order valence-corrected chi connectivity index (χ2v) is 12.1. The van der Waals surface area contributed by atoms with Gasteiger partial charge in [0.2, 0.25) is 0 Å². The highest BCUT2D eigenvalue weighted by atomic mass is 31.1. The van der Waals surface area contributed by atoms with E-state index >= 15 is 0 Å². The predicted octanol–water partition coefficient (Wildman–Crippen LogP) is 8.89. The molecular weight excluding hydrogens is 413 g/mol. The third kappa shape index (κ3) is 14.8. The van der Waals surface area contributed by atoms with Gasteiger partial charge in [0.15, 0.2) is 0 Å². The fourth-order valence-electron chi connectivity index (χ4n) is 4.81. The van der Waals surface area contributed by atoms with Crippen molar-refractivity contribution in [3.8, 4) is 0 Å². The minimum atomic E-state index is -2.43. The summed E-state index contributed by atoms with van der Waals surface area (Å²) in [6.07, 6.45) is 29.7. The van der Waals surface area contributed by atoms with Gasteiger partial charge in [0.1, 0.15) is 0 Å². The molecule has 0 saturated heterocycles. The smallest absolute Gasteiger partial charge is 0.376 e. The Balaban J connectivity index is 3.66. The van der Waals surface area contributed by atoms with Crippen LogP contribution in [0, 0.1) is 0 Å². The quantitative estimate of drug-likeness (QED) is 0.0647. The summed E-state index contributed by atoms with van der Waals surface area (Å²) in [4.78, 5) is 12.1. The Morgan fingerprint density at radius 3 is 1.41 bits per heavy atom. The molecule has 190 valence electrons. The normalized spacial score (nSPS) is 14.8. The summed E-state index contributed by atoms with van der Waals surface area (Å²) in [6.45, 7) is 4.37. The zero-order valence-electron chi connectivity index (χ0n) is 22.5. The summed E-state index contributed by atoms with van der Waals surface area (Å²) in [5.74, 6) is 0. The number of hydrogen-bond acceptors (Lipinski definition) is 2. The van der Waals surface area contributed by atoms with Crippen molar-refractivity contribution in [2.45, 2.75) is 148 Å². The van der Waals surface area contributed by atoms with Crippen molar-refractivity contribution in [3.63, 3.8) is 0 Å². The number of unbranched alkanes of at least 4 members (excludes halogenated alkanes) is 15. The Morgan fingerprint density at radius 2 is 1.03 bits per heavy atom. The molecule has 2 atom stereocenters. The minimum Gasteiger partial charge on any atom is -0.590 e. The van der Waals surface area contributed by atoms with Crippen LogP contribution in [0.4, 0.5) is 0 Å². The SMILES string of the molecule is CCCCCCCCCCCCCC=CCCCCCCC(CCC)([P+](=O)[O-])[N+](C)(C)C. The van der Waals surface area contributed by atoms with Crippen molar-refractivity contribution in [3.05, 3.63) is 12.2 Å². The maximum absolute atomic E-state index is 12.1. The van der Waals surface area contributed by atoms with Gasteiger partial charge in [0, 0.05) is 12.8 Å². The molecule has 0 aliphatic heterocycles. The van der Waals surface area contributed by atoms with E-state index in [-0.39, 0.29) is 0 Å². The Morgan fingerprint density at radius 1 is 0.625 bits per heavy atom. The van der Waals surface area contributed by atoms with Crippen LogP contribution >= 0.6 is 8.03 Å². The second kappa shape index (κ2) is 20.2. The van der Waals surface area contributed by atoms with Crippen LogP contribution in [0.15, 0.2) is 12.2 Å². The van der Waals surface area contributed by atoms with E-state index in [0.29, 0.717) is 4.48 Å². The maximum atomic E-state index is 12.1. The molecule has 0 amide bonds. The third-order valence-corrected chi connectivity index (χ3v) is 8.80. The Kier molecular flexibility index (Phi) is 20.0. The number of nitrogens with zero attached hydrogens (tertiary/aromatic N) is 1. The van der Waals surface area contributed by atoms with Crippen LogP contribution in [0.2, 0.25) is 0 Å². The summed E-state index contributed by atoms with van der Waals surface area (Å²) in [7, 11) is 3.66. The fraction of sp³-hybridized carbons (Fsp3) is 0.929. The first kappa shape index (κ1) is 31.8. The molecule has 32 heavy (non-hydrogen) atoms. The van der Waals surface area contributed by atoms with Crippen LogP contribution in [0.1, 0.15) is 142 Å². The number of quaternary nitrogens is 1. The summed E-state index contributed by atoms with van der Waals surface area (Å²) < 4.78 is 12.6. The minimum absolute atomic E-state index is 0.515. The molecule has 0 saturated carbocycles. The second-order valence-electron chi connectivity index (χ2n) is 10.8. The maximum Gasteiger partial charge on any atom is 0.376 e. The van der Waals surface area contributed by atoms with Crippen molar-refractivity contribution < 1.29 is 13.9 Å². The lowest BCUT2D eigenvalue weighted by Gasteiger charge is -2.39. The van der Waals surface area contributed by atoms with Crippen LogP contribution in [0.3, 0.4) is 0 Å². The van der Waals surface area contributed by atoms with E-state index in [9.17, 15) is 9.46 Å². The van der Waals surface area contributed by atoms with Crippen LogP contribution < -0.4 is 4.89 Å². The summed E-state index contributed by atoms with van der Waals surface area (Å²) in [5, 5.41) is -0.599. The highest BCUT2D eigenvalue weighted by Gasteiger charge is 2.53. The van der Waals surface area contributed by atoms with E-state index in [1.807, 2.05) is 21.1 Å². The van der Waals surface area contributed by atoms with Crippen molar-refractivity contribution in [2.24, 2.45) is 0 Å². The molecule has 0 heterocycles. The zero-order chi connectivity index (χ0) is 24.1. The molecule has 0 fully saturated rings. The zero-order valence-corrected chi connectivity index (χ0v) is 23.4. The topological polar surface area (TPSA) is 40.1 Å². The average molecular weight is 471 g/mol. The highest BCUT2D eigenvalue weighted by Crippen LogP contribution is 2.45. The molecule has 0 rings (SSSR count). The van der Waals surface area contributed by atoms with Gasteiger partial charge in [-0.25, -0.2) is 0 Å². The van der Waals surface area contributed by atoms with Gasteiger partial charge >= 0.3 is 8.03 Å². The summed E-state index contributed by atoms with van der Waals surface area (Å²) in [5.41, 5.74) is 0. The third-order valence-electron chi connectivity index (χ3n) is 7.08. The van der Waals surface area contributed by atoms with Crippen molar-refractivity contribution in [1.82, 2.24) is 0 Å². The first-order valence-corrected chi connectivity index (χ1v) is 15.1. The van der Waals surface area contributed by atoms with Gasteiger partial charge in [0.05, 0.1) is 21.1 Å². The Bertz CT molecular complexity index is 473. The Hall–Kier alpha value is -0.240. The lowest BCUT2D eigenvalue weighted by Crippen LogP contribution is -2.55. The van der Waals surface area contributed by atoms with E-state index in [4.69, 9.17) is 0 Å². The first-order valence-electron chi connectivity index (χ1n) is 13.9. The Labute approximate surface area is 202 Å². The molecule has 3 nitrogen and oxygen atoms in total. The molecule has 0 radical (unpaired) electrons. The van der Waals surface area contributed by atoms with Crippen LogP contribution in [-0.4, -0.2) is 30.9 Å². The molecule has 0 spiro atoms. The van der Waals surface area contributed by atoms with E-state index in [1.165, 1.54) is 96.3 Å². The molecule has 0 N–H and O–H groups in total. The monoisotopic (exact) mass is 470 g/mol. The summed E-state index contributed by atoms with van der Waals surface area (Å²) in [6, 6.07) is 0. The number of hydrogen-bond donors (Lipinski definition) is 0. The van der Waals surface area contributed by atoms with Gasteiger partial charge < -0.3 is 4.89 Å². The van der Waals surface area contributed by atoms with E-state index in [0.717, 1.165) is 32.1 Å². The number of rotatable bonds is 23. The predicted molar refractivity (Wildman–Crippen MR) is 141 cm³/mol. The standard InChI is InChI=1S/C28H57NO2P/c1-6-8-9-10-11-12-13-14-15-16-17-18-19-20-21-22-23-24-25-27-28(26-7-2,32(30)31)29(3,4)5/h19-20H,6-18,21-27H2,1-5H3/q+1. The molecule has 0 bridgehead atoms. The first-order chi connectivity index (χ1) is 15.3. The van der Waals surface area contributed by atoms with Crippen molar-refractivity contribution >= 4 is 8.03 Å². The summed E-state index contributed by atoms with van der Waals surface area (Å²) >= 11 is 0. The molecule has 4 heteroatoms. The van der Waals surface area contributed by atoms with E-state index in [2.05, 4.69) is 26.0 Å². The van der Waals surface area contributed by atoms with Crippen LogP contribution in [0.25, 0.3) is 0 Å². The molecular formula is C28H57NO2P+. The lowest BCUT2D eigenvalue weighted by atomic mass is 9.99. The fourth-order valence-corrected chi connectivity index (χ4v) is 6.05. The van der Waals surface area contributed by atoms with Gasteiger partial charge in [-0.05, 0) is 38.5 Å². The van der Waals surface area contributed by atoms with E-state index < -0.39 is 13.3 Å². The van der Waals surface area contributed by atoms with Crippen molar-refractivity contribution in [1.29, 1.82) is 0 Å².